The van der Waals surface area contributed by atoms with Gasteiger partial charge in [-0.2, -0.15) is 0 Å². The average molecular weight is 251 g/mol. The van der Waals surface area contributed by atoms with E-state index in [4.69, 9.17) is 7.96 Å². The summed E-state index contributed by atoms with van der Waals surface area (Å²) in [6, 6.07) is 0. The topological polar surface area (TPSA) is 70.6 Å². The minimum atomic E-state index is -1.75. The Morgan fingerprint density at radius 2 is 1.60 bits per heavy atom. The maximum absolute atomic E-state index is 8.46. The summed E-state index contributed by atoms with van der Waals surface area (Å²) in [6.45, 7) is 0. The van der Waals surface area contributed by atoms with Crippen molar-refractivity contribution in [2.24, 2.45) is 0 Å². The molecule has 0 aromatic heterocycles. The summed E-state index contributed by atoms with van der Waals surface area (Å²) < 4.78 is 16.9. The van der Waals surface area contributed by atoms with Crippen LogP contribution in [0.2, 0.25) is 0 Å². The van der Waals surface area contributed by atoms with E-state index in [0.29, 0.717) is 0 Å². The predicted octanol–water partition coefficient (Wildman–Crippen LogP) is -1.40. The molecule has 0 spiro atoms. The van der Waals surface area contributed by atoms with Crippen LogP contribution in [0, 0.1) is 0 Å². The Labute approximate surface area is 55.4 Å². The van der Waals surface area contributed by atoms with Crippen LogP contribution in [-0.4, -0.2) is 15.5 Å². The third kappa shape index (κ3) is 47.0. The van der Waals surface area contributed by atoms with Crippen LogP contribution >= 0.6 is 0 Å². The monoisotopic (exact) mass is 253 g/mol. The van der Waals surface area contributed by atoms with Crippen molar-refractivity contribution in [3.05, 3.63) is 6.15 Å². The van der Waals surface area contributed by atoms with Crippen LogP contribution in [0.25, 0.3) is 6.15 Å². The van der Waals surface area contributed by atoms with Crippen molar-refractivity contribution in [1.29, 1.82) is 0 Å². The Morgan fingerprint density at radius 1 is 1.60 bits per heavy atom. The van der Waals surface area contributed by atoms with Gasteiger partial charge in [0.15, 0.2) is 0 Å². The van der Waals surface area contributed by atoms with E-state index in [0.717, 1.165) is 0 Å². The molecule has 3 nitrogen and oxygen atoms in total. The molecule has 0 saturated carbocycles. The number of hydrogen-bond donors (Lipinski definition) is 0. The number of nitrogens with zero attached hydrogens (tertiary/aromatic N) is 1. The molecule has 0 N–H and O–H groups in total. The van der Waals surface area contributed by atoms with Crippen molar-refractivity contribution in [2.45, 2.75) is 0 Å². The second-order valence-electron chi connectivity index (χ2n) is 0.0962. The van der Waals surface area contributed by atoms with Crippen molar-refractivity contribution in [1.82, 2.24) is 0 Å². The van der Waals surface area contributed by atoms with Crippen LogP contribution in [-0.2, 0) is 29.6 Å². The molecular weight excluding hydrogens is 251 g/mol. The van der Waals surface area contributed by atoms with Gasteiger partial charge in [0.2, 0.25) is 0 Å². The first-order chi connectivity index (χ1) is 1.41. The molecule has 0 bridgehead atoms. The SMILES string of the molecule is [Hf+4].[N-3].[O]=[Al][O-]. The molecule has 0 atom stereocenters. The van der Waals surface area contributed by atoms with Gasteiger partial charge in [-0.25, -0.2) is 0 Å². The minimum absolute atomic E-state index is 0. The van der Waals surface area contributed by atoms with Gasteiger partial charge < -0.3 is 6.15 Å². The van der Waals surface area contributed by atoms with Gasteiger partial charge in [-0.05, 0) is 0 Å². The van der Waals surface area contributed by atoms with Gasteiger partial charge in [-0.1, -0.05) is 0 Å². The molecule has 5 heavy (non-hydrogen) atoms. The molecule has 5 heteroatoms. The molecule has 0 aliphatic rings. The van der Waals surface area contributed by atoms with Crippen molar-refractivity contribution in [3.63, 3.8) is 0 Å². The van der Waals surface area contributed by atoms with E-state index in [1.165, 1.54) is 0 Å². The van der Waals surface area contributed by atoms with Crippen LogP contribution in [0.1, 0.15) is 0 Å². The van der Waals surface area contributed by atoms with Crippen molar-refractivity contribution < 1.29 is 33.8 Å². The van der Waals surface area contributed by atoms with Crippen molar-refractivity contribution in [2.75, 3.05) is 0 Å². The van der Waals surface area contributed by atoms with Gasteiger partial charge in [0.25, 0.3) is 0 Å². The Morgan fingerprint density at radius 3 is 1.60 bits per heavy atom. The zero-order valence-electron chi connectivity index (χ0n) is 2.34. The quantitative estimate of drug-likeness (QED) is 0.497. The van der Waals surface area contributed by atoms with Crippen LogP contribution < -0.4 is 4.16 Å². The third-order valence-electron chi connectivity index (χ3n) is 0. The molecule has 0 heterocycles. The van der Waals surface area contributed by atoms with E-state index in [2.05, 4.69) is 0 Å². The van der Waals surface area contributed by atoms with E-state index in [1.807, 2.05) is 0 Å². The van der Waals surface area contributed by atoms with Gasteiger partial charge in [-0.3, -0.25) is 0 Å². The molecule has 0 unspecified atom stereocenters. The molecule has 0 aromatic rings. The Bertz CT molecular complexity index is 17.1. The van der Waals surface area contributed by atoms with E-state index in [-0.39, 0.29) is 32.0 Å². The first kappa shape index (κ1) is 16.7. The molecule has 0 rings (SSSR count). The first-order valence-corrected chi connectivity index (χ1v) is 1.41. The second kappa shape index (κ2) is 20.2. The third-order valence-corrected chi connectivity index (χ3v) is 0. The first-order valence-electron chi connectivity index (χ1n) is 0.471. The van der Waals surface area contributed by atoms with Crippen LogP contribution in [0.4, 0.5) is 0 Å². The standard InChI is InChI=1S/Al.Hf.N.2O/q;+4;-3;;-1. The van der Waals surface area contributed by atoms with Gasteiger partial charge in [-0.15, -0.1) is 0 Å². The molecular formula is AlHfNO2. The molecule has 24 valence electrons. The number of hydrogen-bond acceptors (Lipinski definition) is 2. The fourth-order valence-electron chi connectivity index (χ4n) is 0. The molecule has 0 fully saturated rings. The molecule has 0 aliphatic carbocycles. The summed E-state index contributed by atoms with van der Waals surface area (Å²) in [6.07, 6.45) is 0. The summed E-state index contributed by atoms with van der Waals surface area (Å²) in [7, 11) is 0. The summed E-state index contributed by atoms with van der Waals surface area (Å²) in [5, 5.41) is 0. The van der Waals surface area contributed by atoms with Crippen molar-refractivity contribution >= 4 is 15.5 Å². The van der Waals surface area contributed by atoms with Gasteiger partial charge in [0, 0.05) is 0 Å². The zero-order valence-corrected chi connectivity index (χ0v) is 7.09. The fraction of sp³-hybridized carbons (Fsp3) is 0. The maximum atomic E-state index is 8.46. The average Bonchev–Trinajstić information content (AvgIpc) is 0.918. The summed E-state index contributed by atoms with van der Waals surface area (Å²) in [5.41, 5.74) is 0. The normalized spacial score (nSPS) is 1.60. The Kier molecular flexibility index (Phi) is 67.7. The van der Waals surface area contributed by atoms with E-state index in [1.54, 1.807) is 0 Å². The van der Waals surface area contributed by atoms with Crippen molar-refractivity contribution in [3.8, 4) is 0 Å². The second-order valence-corrected chi connectivity index (χ2v) is 0.289. The van der Waals surface area contributed by atoms with Gasteiger partial charge in [0.1, 0.15) is 0 Å². The summed E-state index contributed by atoms with van der Waals surface area (Å²) >= 11 is -1.75. The molecule has 0 aliphatic heterocycles. The van der Waals surface area contributed by atoms with Gasteiger partial charge >= 0.3 is 49.3 Å². The van der Waals surface area contributed by atoms with Crippen LogP contribution in [0.3, 0.4) is 0 Å². The van der Waals surface area contributed by atoms with Crippen LogP contribution in [0.15, 0.2) is 0 Å². The van der Waals surface area contributed by atoms with E-state index >= 15 is 0 Å². The Hall–Kier alpha value is 0.963. The number of rotatable bonds is 0. The van der Waals surface area contributed by atoms with Crippen LogP contribution in [0.5, 0.6) is 0 Å². The molecule has 0 amide bonds. The molecule has 0 saturated heterocycles. The summed E-state index contributed by atoms with van der Waals surface area (Å²) in [5.74, 6) is 0. The molecule has 0 radical (unpaired) electrons. The fourth-order valence-corrected chi connectivity index (χ4v) is 0. The zero-order chi connectivity index (χ0) is 2.71. The Balaban J connectivity index is -0.0000000200. The van der Waals surface area contributed by atoms with E-state index in [9.17, 15) is 0 Å². The summed E-state index contributed by atoms with van der Waals surface area (Å²) in [4.78, 5) is 0. The predicted molar refractivity (Wildman–Crippen MR) is 9.80 cm³/mol. The van der Waals surface area contributed by atoms with E-state index < -0.39 is 15.5 Å². The van der Waals surface area contributed by atoms with Gasteiger partial charge in [0.05, 0.1) is 0 Å². The molecule has 0 aromatic carbocycles.